The first-order valence-corrected chi connectivity index (χ1v) is 9.46. The van der Waals surface area contributed by atoms with Gasteiger partial charge in [0, 0.05) is 37.9 Å². The summed E-state index contributed by atoms with van der Waals surface area (Å²) in [6.07, 6.45) is 6.61. The molecule has 1 aromatic rings. The summed E-state index contributed by atoms with van der Waals surface area (Å²) in [5.41, 5.74) is 1.07. The number of nitrogens with zero attached hydrogens (tertiary/aromatic N) is 2. The second-order valence-electron chi connectivity index (χ2n) is 7.15. The maximum Gasteiger partial charge on any atom is 0.290 e. The molecule has 0 spiro atoms. The molecular formula is C20H27N3O4. The number of carbonyl (C=O) groups excluding carboxylic acids is 2. The Morgan fingerprint density at radius 1 is 1.15 bits per heavy atom. The molecule has 0 saturated heterocycles. The number of carbonyl (C=O) groups is 2. The van der Waals surface area contributed by atoms with Crippen molar-refractivity contribution in [1.82, 2.24) is 15.2 Å². The van der Waals surface area contributed by atoms with E-state index in [1.165, 1.54) is 0 Å². The zero-order chi connectivity index (χ0) is 19.2. The number of pyridine rings is 1. The third-order valence-electron chi connectivity index (χ3n) is 5.13. The molecule has 0 bridgehead atoms. The molecule has 0 unspecified atom stereocenters. The van der Waals surface area contributed by atoms with Crippen LogP contribution in [0.1, 0.15) is 38.2 Å². The highest BCUT2D eigenvalue weighted by atomic mass is 16.6. The van der Waals surface area contributed by atoms with Crippen molar-refractivity contribution in [2.24, 2.45) is 5.92 Å². The molecule has 0 aromatic carbocycles. The molecule has 1 aromatic heterocycles. The smallest absolute Gasteiger partial charge is 0.290 e. The Morgan fingerprint density at radius 3 is 2.48 bits per heavy atom. The largest absolute Gasteiger partial charge is 0.491 e. The number of allylic oxidation sites excluding steroid dienone is 1. The highest BCUT2D eigenvalue weighted by Gasteiger charge is 2.30. The van der Waals surface area contributed by atoms with E-state index in [1.807, 2.05) is 19.2 Å². The van der Waals surface area contributed by atoms with Gasteiger partial charge in [0.15, 0.2) is 0 Å². The normalized spacial score (nSPS) is 22.4. The van der Waals surface area contributed by atoms with Gasteiger partial charge in [-0.05, 0) is 50.3 Å². The topological polar surface area (TPSA) is 80.8 Å². The van der Waals surface area contributed by atoms with Crippen molar-refractivity contribution in [3.05, 3.63) is 41.6 Å². The van der Waals surface area contributed by atoms with Gasteiger partial charge < -0.3 is 19.7 Å². The van der Waals surface area contributed by atoms with Crippen LogP contribution >= 0.6 is 0 Å². The van der Waals surface area contributed by atoms with E-state index in [1.54, 1.807) is 24.2 Å². The zero-order valence-corrected chi connectivity index (χ0v) is 15.9. The first-order valence-electron chi connectivity index (χ1n) is 9.46. The summed E-state index contributed by atoms with van der Waals surface area (Å²) in [7, 11) is 1.84. The van der Waals surface area contributed by atoms with Crippen molar-refractivity contribution < 1.29 is 19.1 Å². The summed E-state index contributed by atoms with van der Waals surface area (Å²) in [5.74, 6) is 0.757. The van der Waals surface area contributed by atoms with Gasteiger partial charge in [-0.1, -0.05) is 0 Å². The summed E-state index contributed by atoms with van der Waals surface area (Å²) in [4.78, 5) is 30.8. The predicted molar refractivity (Wildman–Crippen MR) is 99.2 cm³/mol. The number of hydrogen-bond donors (Lipinski definition) is 1. The van der Waals surface area contributed by atoms with Crippen LogP contribution in [0.25, 0.3) is 0 Å². The van der Waals surface area contributed by atoms with E-state index in [0.29, 0.717) is 25.5 Å². The van der Waals surface area contributed by atoms with Gasteiger partial charge in [0.1, 0.15) is 19.0 Å². The average molecular weight is 373 g/mol. The summed E-state index contributed by atoms with van der Waals surface area (Å²) in [6, 6.07) is 3.91. The second-order valence-corrected chi connectivity index (χ2v) is 7.15. The van der Waals surface area contributed by atoms with E-state index >= 15 is 0 Å². The molecule has 1 aliphatic heterocycles. The Bertz CT molecular complexity index is 696. The molecule has 146 valence electrons. The van der Waals surface area contributed by atoms with Crippen LogP contribution < -0.4 is 5.32 Å². The molecule has 1 aliphatic carbocycles. The Hall–Kier alpha value is -2.57. The fourth-order valence-electron chi connectivity index (χ4n) is 3.62. The van der Waals surface area contributed by atoms with Crippen LogP contribution in [0.2, 0.25) is 0 Å². The van der Waals surface area contributed by atoms with E-state index in [-0.39, 0.29) is 29.5 Å². The van der Waals surface area contributed by atoms with Crippen molar-refractivity contribution in [3.63, 3.8) is 0 Å². The molecular weight excluding hydrogens is 346 g/mol. The summed E-state index contributed by atoms with van der Waals surface area (Å²) in [6.45, 7) is 3.19. The van der Waals surface area contributed by atoms with E-state index in [9.17, 15) is 9.59 Å². The molecule has 3 rings (SSSR count). The lowest BCUT2D eigenvalue weighted by Gasteiger charge is -2.31. The summed E-state index contributed by atoms with van der Waals surface area (Å²) < 4.78 is 10.8. The van der Waals surface area contributed by atoms with Gasteiger partial charge in [0.05, 0.1) is 0 Å². The van der Waals surface area contributed by atoms with E-state index in [0.717, 1.165) is 31.2 Å². The quantitative estimate of drug-likeness (QED) is 0.854. The third kappa shape index (κ3) is 4.99. The van der Waals surface area contributed by atoms with Gasteiger partial charge in [-0.3, -0.25) is 14.6 Å². The molecule has 7 nitrogen and oxygen atoms in total. The van der Waals surface area contributed by atoms with Gasteiger partial charge in [-0.2, -0.15) is 0 Å². The number of hydrogen-bond acceptors (Lipinski definition) is 5. The lowest BCUT2D eigenvalue weighted by Crippen LogP contribution is -2.42. The van der Waals surface area contributed by atoms with Crippen molar-refractivity contribution >= 4 is 11.8 Å². The van der Waals surface area contributed by atoms with Crippen LogP contribution in [0, 0.1) is 5.92 Å². The lowest BCUT2D eigenvalue weighted by atomic mass is 9.85. The Kier molecular flexibility index (Phi) is 6.32. The minimum atomic E-state index is -0.225. The number of rotatable bonds is 5. The monoisotopic (exact) mass is 373 g/mol. The van der Waals surface area contributed by atoms with Gasteiger partial charge >= 0.3 is 0 Å². The van der Waals surface area contributed by atoms with Crippen LogP contribution in [0.15, 0.2) is 36.0 Å². The molecule has 27 heavy (non-hydrogen) atoms. The second kappa shape index (κ2) is 8.88. The minimum Gasteiger partial charge on any atom is -0.491 e. The SMILES string of the molecule is CC1=C(C(=O)NC2CCC(C(=O)N(C)Cc3ccncc3)CC2)OCCO1. The molecule has 7 heteroatoms. The van der Waals surface area contributed by atoms with Crippen LogP contribution in [0.4, 0.5) is 0 Å². The fraction of sp³-hybridized carbons (Fsp3) is 0.550. The molecule has 2 amide bonds. The lowest BCUT2D eigenvalue weighted by molar-refractivity contribution is -0.135. The van der Waals surface area contributed by atoms with Crippen LogP contribution in [0.3, 0.4) is 0 Å². The fourth-order valence-corrected chi connectivity index (χ4v) is 3.62. The first-order chi connectivity index (χ1) is 13.0. The van der Waals surface area contributed by atoms with Crippen molar-refractivity contribution in [2.75, 3.05) is 20.3 Å². The van der Waals surface area contributed by atoms with Crippen LogP contribution in [-0.4, -0.2) is 48.0 Å². The summed E-state index contributed by atoms with van der Waals surface area (Å²) in [5, 5.41) is 3.01. The number of aromatic nitrogens is 1. The van der Waals surface area contributed by atoms with Crippen molar-refractivity contribution in [2.45, 2.75) is 45.2 Å². The standard InChI is InChI=1S/C20H27N3O4/c1-14-18(27-12-11-26-14)19(24)22-17-5-3-16(4-6-17)20(25)23(2)13-15-7-9-21-10-8-15/h7-10,16-17H,3-6,11-13H2,1-2H3,(H,22,24). The number of ether oxygens (including phenoxy) is 2. The number of nitrogens with one attached hydrogen (secondary N) is 1. The molecule has 2 aliphatic rings. The first kappa shape index (κ1) is 19.2. The maximum absolute atomic E-state index is 12.7. The Balaban J connectivity index is 1.47. The van der Waals surface area contributed by atoms with Crippen molar-refractivity contribution in [1.29, 1.82) is 0 Å². The van der Waals surface area contributed by atoms with Gasteiger partial charge in [-0.25, -0.2) is 0 Å². The van der Waals surface area contributed by atoms with Gasteiger partial charge in [-0.15, -0.1) is 0 Å². The molecule has 0 radical (unpaired) electrons. The average Bonchev–Trinajstić information content (AvgIpc) is 2.69. The van der Waals surface area contributed by atoms with E-state index in [2.05, 4.69) is 10.3 Å². The van der Waals surface area contributed by atoms with Crippen LogP contribution in [0.5, 0.6) is 0 Å². The molecule has 1 fully saturated rings. The highest BCUT2D eigenvalue weighted by molar-refractivity contribution is 5.92. The Labute approximate surface area is 159 Å². The van der Waals surface area contributed by atoms with Gasteiger partial charge in [0.2, 0.25) is 11.7 Å². The van der Waals surface area contributed by atoms with E-state index < -0.39 is 0 Å². The molecule has 1 saturated carbocycles. The summed E-state index contributed by atoms with van der Waals surface area (Å²) >= 11 is 0. The third-order valence-corrected chi connectivity index (χ3v) is 5.13. The molecule has 0 atom stereocenters. The highest BCUT2D eigenvalue weighted by Crippen LogP contribution is 2.27. The maximum atomic E-state index is 12.7. The minimum absolute atomic E-state index is 0.0141. The molecule has 2 heterocycles. The Morgan fingerprint density at radius 2 is 1.81 bits per heavy atom. The van der Waals surface area contributed by atoms with Gasteiger partial charge in [0.25, 0.3) is 5.91 Å². The zero-order valence-electron chi connectivity index (χ0n) is 15.9. The van der Waals surface area contributed by atoms with Crippen molar-refractivity contribution in [3.8, 4) is 0 Å². The van der Waals surface area contributed by atoms with E-state index in [4.69, 9.17) is 9.47 Å². The molecule has 1 N–H and O–H groups in total. The number of amides is 2. The van der Waals surface area contributed by atoms with Crippen LogP contribution in [-0.2, 0) is 25.6 Å². The predicted octanol–water partition coefficient (Wildman–Crippen LogP) is 1.99.